The van der Waals surface area contributed by atoms with Crippen LogP contribution in [0.5, 0.6) is 11.5 Å². The molecule has 12 atom stereocenters. The predicted molar refractivity (Wildman–Crippen MR) is 164 cm³/mol. The number of ether oxygens (including phenoxy) is 4. The monoisotopic (exact) mass is 590 g/mol. The van der Waals surface area contributed by atoms with Crippen molar-refractivity contribution in [2.45, 2.75) is 38.5 Å². The summed E-state index contributed by atoms with van der Waals surface area (Å²) in [6.07, 6.45) is 2.25. The Morgan fingerprint density at radius 2 is 1.09 bits per heavy atom. The van der Waals surface area contributed by atoms with Gasteiger partial charge in [0.25, 0.3) is 0 Å². The van der Waals surface area contributed by atoms with Crippen LogP contribution >= 0.6 is 0 Å². The molecule has 5 fully saturated rings. The molecule has 3 aromatic carbocycles. The molecule has 226 valence electrons. The molecule has 0 spiro atoms. The van der Waals surface area contributed by atoms with Crippen LogP contribution in [0.25, 0.3) is 21.5 Å². The van der Waals surface area contributed by atoms with Gasteiger partial charge in [-0.2, -0.15) is 0 Å². The fourth-order valence-corrected chi connectivity index (χ4v) is 14.1. The zero-order valence-electron chi connectivity index (χ0n) is 26.1. The standard InChI is InChI=1S/C38H38O6/c1-37-29-19-13-20(24-23(19)27(35(39)43-5)28(24)36(40)44-6)30(29)38(37,2)32-22-14-21(31(32)37)25-26(22)34(42-4)18-12-16-10-8-7-9-15(16)11-17(18)33(25)41-3/h7-12,19-24,29-32H,13-14H2,1-6H3/t19-,20+,21+,22?,23?,24?,29?,30?,31?,32?,37-,38?/m1/s1. The first-order valence-electron chi connectivity index (χ1n) is 16.3. The minimum absolute atomic E-state index is 0.126. The number of carbonyl (C=O) groups excluding carboxylic acids is 2. The lowest BCUT2D eigenvalue weighted by atomic mass is 9.19. The van der Waals surface area contributed by atoms with Gasteiger partial charge in [0, 0.05) is 33.7 Å². The molecule has 0 radical (unpaired) electrons. The summed E-state index contributed by atoms with van der Waals surface area (Å²) in [5.41, 5.74) is 4.38. The molecule has 8 unspecified atom stereocenters. The van der Waals surface area contributed by atoms with Crippen LogP contribution in [0.1, 0.15) is 49.7 Å². The van der Waals surface area contributed by atoms with Crippen molar-refractivity contribution < 1.29 is 28.5 Å². The molecule has 6 heteroatoms. The third-order valence-electron chi connectivity index (χ3n) is 14.9. The third kappa shape index (κ3) is 2.32. The topological polar surface area (TPSA) is 71.1 Å². The van der Waals surface area contributed by atoms with Gasteiger partial charge in [-0.1, -0.05) is 38.1 Å². The van der Waals surface area contributed by atoms with Gasteiger partial charge < -0.3 is 18.9 Å². The zero-order valence-corrected chi connectivity index (χ0v) is 26.1. The summed E-state index contributed by atoms with van der Waals surface area (Å²) in [6, 6.07) is 13.1. The van der Waals surface area contributed by atoms with Crippen LogP contribution in [0.2, 0.25) is 0 Å². The van der Waals surface area contributed by atoms with Crippen LogP contribution in [0.15, 0.2) is 47.5 Å². The van der Waals surface area contributed by atoms with Gasteiger partial charge in [0.15, 0.2) is 0 Å². The minimum atomic E-state index is -0.348. The molecule has 0 amide bonds. The summed E-state index contributed by atoms with van der Waals surface area (Å²) in [5.74, 6) is 5.67. The molecule has 3 aromatic rings. The Morgan fingerprint density at radius 3 is 1.48 bits per heavy atom. The summed E-state index contributed by atoms with van der Waals surface area (Å²) in [6.45, 7) is 5.15. The highest BCUT2D eigenvalue weighted by molar-refractivity contribution is 6.06. The second kappa shape index (κ2) is 7.81. The van der Waals surface area contributed by atoms with Crippen molar-refractivity contribution in [1.29, 1.82) is 0 Å². The van der Waals surface area contributed by atoms with Crippen LogP contribution < -0.4 is 9.47 Å². The Morgan fingerprint density at radius 1 is 0.659 bits per heavy atom. The van der Waals surface area contributed by atoms with Gasteiger partial charge in [0.2, 0.25) is 0 Å². The van der Waals surface area contributed by atoms with Crippen LogP contribution in [0.4, 0.5) is 0 Å². The lowest BCUT2D eigenvalue weighted by Crippen LogP contribution is -2.81. The van der Waals surface area contributed by atoms with E-state index in [0.29, 0.717) is 58.5 Å². The van der Waals surface area contributed by atoms with Gasteiger partial charge in [0.05, 0.1) is 39.6 Å². The van der Waals surface area contributed by atoms with Crippen molar-refractivity contribution in [3.8, 4) is 11.5 Å². The summed E-state index contributed by atoms with van der Waals surface area (Å²) in [4.78, 5) is 26.0. The van der Waals surface area contributed by atoms with E-state index >= 15 is 0 Å². The molecule has 4 bridgehead atoms. The number of methoxy groups -OCH3 is 4. The van der Waals surface area contributed by atoms with Gasteiger partial charge in [0.1, 0.15) is 11.5 Å². The summed E-state index contributed by atoms with van der Waals surface area (Å²) >= 11 is 0. The van der Waals surface area contributed by atoms with Gasteiger partial charge >= 0.3 is 11.9 Å². The predicted octanol–water partition coefficient (Wildman–Crippen LogP) is 6.64. The Bertz CT molecular complexity index is 1790. The number of rotatable bonds is 4. The number of esters is 2. The van der Waals surface area contributed by atoms with Gasteiger partial charge in [-0.05, 0) is 93.9 Å². The molecule has 0 saturated heterocycles. The molecule has 0 heterocycles. The van der Waals surface area contributed by atoms with Crippen LogP contribution in [0, 0.1) is 58.2 Å². The Balaban J connectivity index is 1.12. The van der Waals surface area contributed by atoms with Crippen LogP contribution in [0.3, 0.4) is 0 Å². The van der Waals surface area contributed by atoms with Crippen molar-refractivity contribution >= 4 is 33.5 Å². The normalized spacial score (nSPS) is 42.4. The molecule has 7 aliphatic rings. The maximum absolute atomic E-state index is 13.0. The molecule has 6 nitrogen and oxygen atoms in total. The van der Waals surface area contributed by atoms with Crippen LogP contribution in [-0.4, -0.2) is 40.4 Å². The SMILES string of the molecule is COC(=O)C1=C(C(=O)OC)C2C1[C@H]1C[C@@H]2C2C1[C@]1(C)C3C(C4C[C@H]3c3c4c(OC)c4cc5ccccc5cc4c3OC)C21C. The maximum Gasteiger partial charge on any atom is 0.334 e. The summed E-state index contributed by atoms with van der Waals surface area (Å²) < 4.78 is 23.1. The van der Waals surface area contributed by atoms with E-state index in [-0.39, 0.29) is 34.6 Å². The second-order valence-electron chi connectivity index (χ2n) is 15.2. The number of hydrogen-bond donors (Lipinski definition) is 0. The highest BCUT2D eigenvalue weighted by Crippen LogP contribution is 2.96. The van der Waals surface area contributed by atoms with E-state index in [1.165, 1.54) is 36.1 Å². The number of benzene rings is 3. The molecule has 0 aromatic heterocycles. The smallest absolute Gasteiger partial charge is 0.334 e. The molecule has 44 heavy (non-hydrogen) atoms. The maximum atomic E-state index is 13.0. The molecular formula is C38H38O6. The van der Waals surface area contributed by atoms with Crippen molar-refractivity contribution in [1.82, 2.24) is 0 Å². The molecule has 7 aliphatic carbocycles. The fourth-order valence-electron chi connectivity index (χ4n) is 14.1. The van der Waals surface area contributed by atoms with Gasteiger partial charge in [-0.25, -0.2) is 9.59 Å². The van der Waals surface area contributed by atoms with E-state index in [1.807, 2.05) is 14.2 Å². The van der Waals surface area contributed by atoms with Crippen molar-refractivity contribution in [3.63, 3.8) is 0 Å². The minimum Gasteiger partial charge on any atom is -0.496 e. The van der Waals surface area contributed by atoms with Crippen LogP contribution in [-0.2, 0) is 19.1 Å². The first kappa shape index (κ1) is 25.8. The van der Waals surface area contributed by atoms with E-state index in [1.54, 1.807) is 0 Å². The average molecular weight is 591 g/mol. The molecular weight excluding hydrogens is 552 g/mol. The number of hydrogen-bond acceptors (Lipinski definition) is 6. The first-order chi connectivity index (χ1) is 21.3. The van der Waals surface area contributed by atoms with Crippen molar-refractivity contribution in [2.75, 3.05) is 28.4 Å². The second-order valence-corrected chi connectivity index (χ2v) is 15.2. The number of fused-ring (bicyclic) bond motifs is 23. The van der Waals surface area contributed by atoms with E-state index < -0.39 is 0 Å². The van der Waals surface area contributed by atoms with E-state index in [9.17, 15) is 9.59 Å². The van der Waals surface area contributed by atoms with E-state index in [2.05, 4.69) is 50.2 Å². The molecule has 10 rings (SSSR count). The quantitative estimate of drug-likeness (QED) is 0.147. The summed E-state index contributed by atoms with van der Waals surface area (Å²) in [5, 5.41) is 4.71. The zero-order chi connectivity index (χ0) is 30.2. The third-order valence-corrected chi connectivity index (χ3v) is 14.9. The molecule has 0 N–H and O–H groups in total. The first-order valence-corrected chi connectivity index (χ1v) is 16.3. The summed E-state index contributed by atoms with van der Waals surface area (Å²) in [7, 11) is 6.51. The lowest BCUT2D eigenvalue weighted by molar-refractivity contribution is -0.369. The lowest BCUT2D eigenvalue weighted by Gasteiger charge is -2.85. The molecule has 5 saturated carbocycles. The van der Waals surface area contributed by atoms with Gasteiger partial charge in [-0.3, -0.25) is 0 Å². The van der Waals surface area contributed by atoms with Gasteiger partial charge in [-0.15, -0.1) is 0 Å². The van der Waals surface area contributed by atoms with E-state index in [4.69, 9.17) is 18.9 Å². The fraction of sp³-hybridized carbons (Fsp3) is 0.526. The highest BCUT2D eigenvalue weighted by Gasteiger charge is 2.91. The number of carbonyl (C=O) groups is 2. The Hall–Kier alpha value is -3.54. The van der Waals surface area contributed by atoms with Crippen molar-refractivity contribution in [2.24, 2.45) is 58.2 Å². The highest BCUT2D eigenvalue weighted by atomic mass is 16.5. The average Bonchev–Trinajstić information content (AvgIpc) is 3.77. The Kier molecular flexibility index (Phi) is 4.57. The van der Waals surface area contributed by atoms with E-state index in [0.717, 1.165) is 35.1 Å². The molecule has 0 aliphatic heterocycles. The van der Waals surface area contributed by atoms with Crippen molar-refractivity contribution in [3.05, 3.63) is 58.7 Å². The Labute approximate surface area is 257 Å². The largest absolute Gasteiger partial charge is 0.496 e.